The highest BCUT2D eigenvalue weighted by molar-refractivity contribution is 6.34. The van der Waals surface area contributed by atoms with Gasteiger partial charge in [0.2, 0.25) is 5.95 Å². The van der Waals surface area contributed by atoms with Gasteiger partial charge in [0, 0.05) is 44.4 Å². The van der Waals surface area contributed by atoms with Crippen molar-refractivity contribution in [3.63, 3.8) is 0 Å². The summed E-state index contributed by atoms with van der Waals surface area (Å²) in [5, 5.41) is 11.3. The van der Waals surface area contributed by atoms with Crippen LogP contribution >= 0.6 is 11.6 Å². The monoisotopic (exact) mass is 606 g/mol. The van der Waals surface area contributed by atoms with E-state index in [1.807, 2.05) is 27.0 Å². The summed E-state index contributed by atoms with van der Waals surface area (Å²) in [6, 6.07) is 2.69. The first-order chi connectivity index (χ1) is 20.1. The fraction of sp³-hybridized carbons (Fsp3) is 0.393. The summed E-state index contributed by atoms with van der Waals surface area (Å²) in [5.41, 5.74) is -0.264. The van der Waals surface area contributed by atoms with Gasteiger partial charge in [-0.05, 0) is 30.5 Å². The van der Waals surface area contributed by atoms with Gasteiger partial charge in [0.25, 0.3) is 0 Å². The van der Waals surface area contributed by atoms with Gasteiger partial charge >= 0.3 is 11.4 Å². The fourth-order valence-corrected chi connectivity index (χ4v) is 4.61. The zero-order valence-corrected chi connectivity index (χ0v) is 25.1. The Bertz CT molecular complexity index is 1730. The first kappa shape index (κ1) is 32.4. The lowest BCUT2D eigenvalue weighted by molar-refractivity contribution is 0.486. The molecule has 0 saturated carbocycles. The number of nitrogens with zero attached hydrogens (tertiary/aromatic N) is 6. The quantitative estimate of drug-likeness (QED) is 0.161. The molecule has 0 bridgehead atoms. The summed E-state index contributed by atoms with van der Waals surface area (Å²) in [7, 11) is 4.82. The average molecular weight is 607 g/mol. The van der Waals surface area contributed by atoms with Gasteiger partial charge in [-0.1, -0.05) is 38.8 Å². The van der Waals surface area contributed by atoms with Gasteiger partial charge in [-0.15, -0.1) is 0 Å². The number of aliphatic imine (C=N–C) groups is 1. The Morgan fingerprint density at radius 2 is 1.76 bits per heavy atom. The zero-order valence-electron chi connectivity index (χ0n) is 24.4. The summed E-state index contributed by atoms with van der Waals surface area (Å²) in [6.07, 6.45) is 4.12. The van der Waals surface area contributed by atoms with Crippen molar-refractivity contribution in [3.8, 4) is 0 Å². The van der Waals surface area contributed by atoms with E-state index in [1.54, 1.807) is 24.8 Å². The van der Waals surface area contributed by atoms with E-state index in [0.29, 0.717) is 35.6 Å². The molecule has 4 rings (SSSR count). The summed E-state index contributed by atoms with van der Waals surface area (Å²) in [4.78, 5) is 34.7. The minimum Gasteiger partial charge on any atom is -0.375 e. The number of nitrogens with one attached hydrogen (secondary N) is 2. The normalized spacial score (nSPS) is 11.4. The number of amidine groups is 1. The van der Waals surface area contributed by atoms with E-state index in [-0.39, 0.29) is 23.1 Å². The highest BCUT2D eigenvalue weighted by Gasteiger charge is 2.21. The third-order valence-electron chi connectivity index (χ3n) is 6.44. The van der Waals surface area contributed by atoms with Crippen molar-refractivity contribution in [2.45, 2.75) is 53.1 Å². The molecule has 10 nitrogen and oxygen atoms in total. The van der Waals surface area contributed by atoms with Crippen LogP contribution in [-0.2, 0) is 26.6 Å². The predicted molar refractivity (Wildman–Crippen MR) is 160 cm³/mol. The SMILES string of the molecule is CC.CCCCc1c(Nc2nc(=O)n(CC(=NC)NC)c(=O)n2Cc2cc(F)c(F)cc2F)c(Cl)cc2nn(C)cc12. The number of benzene rings is 2. The molecule has 0 aliphatic carbocycles. The molecular formula is C28H34ClF3N8O2. The van der Waals surface area contributed by atoms with Crippen LogP contribution in [0.1, 0.15) is 44.7 Å². The molecule has 2 aromatic heterocycles. The third kappa shape index (κ3) is 6.84. The van der Waals surface area contributed by atoms with Crippen LogP contribution in [0.15, 0.2) is 39.0 Å². The third-order valence-corrected chi connectivity index (χ3v) is 6.74. The molecule has 2 N–H and O–H groups in total. The number of anilines is 2. The van der Waals surface area contributed by atoms with Crippen molar-refractivity contribution in [1.82, 2.24) is 29.2 Å². The van der Waals surface area contributed by atoms with Gasteiger partial charge < -0.3 is 10.6 Å². The van der Waals surface area contributed by atoms with E-state index in [2.05, 4.69) is 25.7 Å². The number of aromatic nitrogens is 5. The van der Waals surface area contributed by atoms with Gasteiger partial charge in [-0.25, -0.2) is 27.3 Å². The number of halogens is 4. The Morgan fingerprint density at radius 3 is 2.40 bits per heavy atom. The van der Waals surface area contributed by atoms with Crippen molar-refractivity contribution in [1.29, 1.82) is 0 Å². The van der Waals surface area contributed by atoms with E-state index in [0.717, 1.165) is 32.9 Å². The lowest BCUT2D eigenvalue weighted by atomic mass is 10.0. The Morgan fingerprint density at radius 1 is 1.07 bits per heavy atom. The van der Waals surface area contributed by atoms with E-state index >= 15 is 0 Å². The maximum Gasteiger partial charge on any atom is 0.355 e. The van der Waals surface area contributed by atoms with Gasteiger partial charge in [0.1, 0.15) is 11.7 Å². The summed E-state index contributed by atoms with van der Waals surface area (Å²) in [5.74, 6) is -3.68. The number of hydrogen-bond donors (Lipinski definition) is 2. The molecule has 0 aliphatic heterocycles. The molecule has 42 heavy (non-hydrogen) atoms. The predicted octanol–water partition coefficient (Wildman–Crippen LogP) is 4.77. The number of rotatable bonds is 9. The van der Waals surface area contributed by atoms with Crippen LogP contribution in [0, 0.1) is 17.5 Å². The van der Waals surface area contributed by atoms with Crippen molar-refractivity contribution in [2.75, 3.05) is 19.4 Å². The summed E-state index contributed by atoms with van der Waals surface area (Å²) in [6.45, 7) is 5.22. The smallest absolute Gasteiger partial charge is 0.355 e. The van der Waals surface area contributed by atoms with Crippen molar-refractivity contribution in [3.05, 3.63) is 79.0 Å². The van der Waals surface area contributed by atoms with Crippen LogP contribution in [0.25, 0.3) is 10.9 Å². The molecule has 0 spiro atoms. The second-order valence-corrected chi connectivity index (χ2v) is 9.53. The molecule has 0 saturated heterocycles. The lowest BCUT2D eigenvalue weighted by Gasteiger charge is -2.19. The molecular weight excluding hydrogens is 573 g/mol. The second kappa shape index (κ2) is 14.2. The van der Waals surface area contributed by atoms with Gasteiger partial charge in [0.15, 0.2) is 11.6 Å². The second-order valence-electron chi connectivity index (χ2n) is 9.13. The molecule has 0 unspecified atom stereocenters. The molecule has 2 aromatic carbocycles. The van der Waals surface area contributed by atoms with E-state index in [4.69, 9.17) is 11.6 Å². The van der Waals surface area contributed by atoms with Crippen LogP contribution in [0.2, 0.25) is 5.02 Å². The Balaban J connectivity index is 0.00000237. The van der Waals surface area contributed by atoms with Crippen molar-refractivity contribution < 1.29 is 13.2 Å². The molecule has 2 heterocycles. The first-order valence-electron chi connectivity index (χ1n) is 13.5. The highest BCUT2D eigenvalue weighted by atomic mass is 35.5. The van der Waals surface area contributed by atoms with E-state index in [1.165, 1.54) is 7.05 Å². The molecule has 0 atom stereocenters. The molecule has 0 fully saturated rings. The van der Waals surface area contributed by atoms with Gasteiger partial charge in [-0.2, -0.15) is 10.1 Å². The van der Waals surface area contributed by atoms with Crippen LogP contribution in [0.3, 0.4) is 0 Å². The molecule has 4 aromatic rings. The number of unbranched alkanes of at least 4 members (excludes halogenated alkanes) is 1. The number of hydrogen-bond acceptors (Lipinski definition) is 6. The summed E-state index contributed by atoms with van der Waals surface area (Å²) < 4.78 is 45.7. The standard InChI is InChI=1S/C26H28ClF3N8O2.C2H6/c1-5-6-7-15-16-12-36(4)35-21(16)9-17(27)23(15)33-24-34-25(39)38(13-22(31-2)32-3)26(40)37(24)11-14-8-19(29)20(30)10-18(14)28;1-2/h8-10,12H,5-7,11,13H2,1-4H3,(H,31,32)(H,33,34,39);1-2H3. The van der Waals surface area contributed by atoms with E-state index < -0.39 is 35.4 Å². The highest BCUT2D eigenvalue weighted by Crippen LogP contribution is 2.36. The van der Waals surface area contributed by atoms with Crippen LogP contribution < -0.4 is 22.0 Å². The first-order valence-corrected chi connectivity index (χ1v) is 13.9. The maximum atomic E-state index is 14.7. The Labute approximate surface area is 245 Å². The molecule has 0 radical (unpaired) electrons. The number of likely N-dealkylation sites (N-methyl/N-ethyl adjacent to an activating group) is 1. The van der Waals surface area contributed by atoms with Gasteiger partial charge in [0.05, 0.1) is 29.3 Å². The molecule has 0 aliphatic rings. The van der Waals surface area contributed by atoms with Gasteiger partial charge in [-0.3, -0.25) is 14.2 Å². The Kier molecular flexibility index (Phi) is 10.9. The zero-order chi connectivity index (χ0) is 31.1. The largest absolute Gasteiger partial charge is 0.375 e. The average Bonchev–Trinajstić information content (AvgIpc) is 3.33. The van der Waals surface area contributed by atoms with Crippen LogP contribution in [-0.4, -0.2) is 43.8 Å². The van der Waals surface area contributed by atoms with Crippen molar-refractivity contribution in [2.24, 2.45) is 12.0 Å². The van der Waals surface area contributed by atoms with E-state index in [9.17, 15) is 22.8 Å². The molecule has 226 valence electrons. The minimum atomic E-state index is -1.37. The summed E-state index contributed by atoms with van der Waals surface area (Å²) >= 11 is 6.65. The minimum absolute atomic E-state index is 0.248. The topological polar surface area (TPSA) is 111 Å². The van der Waals surface area contributed by atoms with Crippen LogP contribution in [0.4, 0.5) is 24.8 Å². The van der Waals surface area contributed by atoms with Crippen LogP contribution in [0.5, 0.6) is 0 Å². The van der Waals surface area contributed by atoms with Crippen molar-refractivity contribution >= 4 is 40.0 Å². The fourth-order valence-electron chi connectivity index (χ4n) is 4.35. The maximum absolute atomic E-state index is 14.7. The lowest BCUT2D eigenvalue weighted by Crippen LogP contribution is -2.45. The number of fused-ring (bicyclic) bond motifs is 1. The molecule has 0 amide bonds. The number of aryl methyl sites for hydroxylation is 2. The Hall–Kier alpha value is -4.13. The molecule has 14 heteroatoms.